The Morgan fingerprint density at radius 2 is 1.80 bits per heavy atom. The standard InChI is InChI=1S/C8H10N2O3S.K.H/c1-6(11)10-14(12,13)8-4-2-7(9)3-5-8;;/h2-5H,9H2,1H3,(H,10,11);;/q;+1;-1. The van der Waals surface area contributed by atoms with Crippen molar-refractivity contribution in [1.82, 2.24) is 4.72 Å². The third kappa shape index (κ3) is 4.62. The summed E-state index contributed by atoms with van der Waals surface area (Å²) in [5.74, 6) is -0.623. The molecule has 0 bridgehead atoms. The molecule has 1 aromatic rings. The molecule has 0 heterocycles. The molecule has 1 rings (SSSR count). The van der Waals surface area contributed by atoms with Gasteiger partial charge >= 0.3 is 51.4 Å². The maximum atomic E-state index is 11.4. The maximum Gasteiger partial charge on any atom is 1.00 e. The van der Waals surface area contributed by atoms with Gasteiger partial charge in [0.2, 0.25) is 5.91 Å². The van der Waals surface area contributed by atoms with Crippen LogP contribution in [0.4, 0.5) is 5.69 Å². The van der Waals surface area contributed by atoms with Gasteiger partial charge in [0.1, 0.15) is 0 Å². The zero-order valence-corrected chi connectivity index (χ0v) is 12.5. The van der Waals surface area contributed by atoms with Gasteiger partial charge in [-0.2, -0.15) is 0 Å². The molecule has 78 valence electrons. The Morgan fingerprint density at radius 3 is 2.20 bits per heavy atom. The van der Waals surface area contributed by atoms with Gasteiger partial charge < -0.3 is 7.16 Å². The number of sulfonamides is 1. The smallest absolute Gasteiger partial charge is 1.00 e. The largest absolute Gasteiger partial charge is 1.00 e. The predicted molar refractivity (Wildman–Crippen MR) is 53.0 cm³/mol. The number of carbonyl (C=O) groups is 1. The van der Waals surface area contributed by atoms with Crippen molar-refractivity contribution in [3.63, 3.8) is 0 Å². The Bertz CT molecular complexity index is 447. The van der Waals surface area contributed by atoms with Crippen molar-refractivity contribution in [2.45, 2.75) is 11.8 Å². The maximum absolute atomic E-state index is 11.4. The predicted octanol–water partition coefficient (Wildman–Crippen LogP) is -2.79. The van der Waals surface area contributed by atoms with E-state index in [1.165, 1.54) is 24.3 Å². The second kappa shape index (κ2) is 5.97. The van der Waals surface area contributed by atoms with Gasteiger partial charge in [0.15, 0.2) is 0 Å². The fourth-order valence-electron chi connectivity index (χ4n) is 0.895. The average Bonchev–Trinajstić information content (AvgIpc) is 2.02. The van der Waals surface area contributed by atoms with Crippen molar-refractivity contribution in [3.8, 4) is 0 Å². The molecule has 0 aliphatic carbocycles. The summed E-state index contributed by atoms with van der Waals surface area (Å²) in [4.78, 5) is 10.6. The summed E-state index contributed by atoms with van der Waals surface area (Å²) in [6.07, 6.45) is 0. The first kappa shape index (κ1) is 15.1. The summed E-state index contributed by atoms with van der Waals surface area (Å²) in [5, 5.41) is 0. The van der Waals surface area contributed by atoms with Crippen LogP contribution < -0.4 is 61.8 Å². The molecular weight excluding hydrogens is 243 g/mol. The van der Waals surface area contributed by atoms with Crippen molar-refractivity contribution in [1.29, 1.82) is 0 Å². The molecule has 0 fully saturated rings. The van der Waals surface area contributed by atoms with Crippen LogP contribution in [0.25, 0.3) is 0 Å². The van der Waals surface area contributed by atoms with Crippen LogP contribution in [0.15, 0.2) is 29.2 Å². The number of hydrogen-bond donors (Lipinski definition) is 2. The van der Waals surface area contributed by atoms with Gasteiger partial charge in [0.05, 0.1) is 4.90 Å². The van der Waals surface area contributed by atoms with E-state index in [4.69, 9.17) is 5.73 Å². The van der Waals surface area contributed by atoms with Gasteiger partial charge in [-0.3, -0.25) is 4.79 Å². The molecule has 0 spiro atoms. The number of amides is 1. The molecule has 15 heavy (non-hydrogen) atoms. The van der Waals surface area contributed by atoms with Crippen molar-refractivity contribution in [2.24, 2.45) is 0 Å². The number of rotatable bonds is 2. The van der Waals surface area contributed by atoms with Crippen molar-refractivity contribution in [2.75, 3.05) is 5.73 Å². The third-order valence-electron chi connectivity index (χ3n) is 1.47. The Labute approximate surface area is 132 Å². The summed E-state index contributed by atoms with van der Waals surface area (Å²) in [7, 11) is -3.73. The topological polar surface area (TPSA) is 89.3 Å². The normalized spacial score (nSPS) is 10.2. The van der Waals surface area contributed by atoms with Crippen LogP contribution in [0.3, 0.4) is 0 Å². The Balaban J connectivity index is 0. The van der Waals surface area contributed by atoms with Crippen LogP contribution in [0.1, 0.15) is 8.35 Å². The Hall–Kier alpha value is 0.0764. The van der Waals surface area contributed by atoms with E-state index in [0.29, 0.717) is 5.69 Å². The van der Waals surface area contributed by atoms with Gasteiger partial charge in [0.25, 0.3) is 10.0 Å². The molecule has 0 aliphatic rings. The van der Waals surface area contributed by atoms with Crippen LogP contribution in [0, 0.1) is 0 Å². The molecule has 0 aromatic heterocycles. The van der Waals surface area contributed by atoms with E-state index in [-0.39, 0.29) is 57.7 Å². The number of nitrogens with one attached hydrogen (secondary N) is 1. The fourth-order valence-corrected chi connectivity index (χ4v) is 1.89. The number of anilines is 1. The van der Waals surface area contributed by atoms with E-state index in [1.807, 2.05) is 4.72 Å². The Morgan fingerprint density at radius 1 is 1.33 bits per heavy atom. The van der Waals surface area contributed by atoms with E-state index in [0.717, 1.165) is 6.92 Å². The number of carbonyl (C=O) groups excluding carboxylic acids is 1. The molecule has 1 aromatic carbocycles. The van der Waals surface area contributed by atoms with Gasteiger partial charge in [-0.05, 0) is 24.3 Å². The second-order valence-corrected chi connectivity index (χ2v) is 4.41. The molecule has 5 nitrogen and oxygen atoms in total. The summed E-state index contributed by atoms with van der Waals surface area (Å²) >= 11 is 0. The minimum atomic E-state index is -3.73. The first-order valence-electron chi connectivity index (χ1n) is 3.81. The number of hydrogen-bond acceptors (Lipinski definition) is 4. The van der Waals surface area contributed by atoms with Crippen LogP contribution in [0.2, 0.25) is 0 Å². The van der Waals surface area contributed by atoms with Gasteiger partial charge in [-0.15, -0.1) is 0 Å². The minimum absolute atomic E-state index is 0. The molecule has 0 saturated carbocycles. The van der Waals surface area contributed by atoms with E-state index in [1.54, 1.807) is 0 Å². The van der Waals surface area contributed by atoms with E-state index in [2.05, 4.69) is 0 Å². The SMILES string of the molecule is CC(=O)NS(=O)(=O)c1ccc(N)cc1.[H-].[K+]. The molecule has 0 unspecified atom stereocenters. The first-order valence-corrected chi connectivity index (χ1v) is 5.29. The quantitative estimate of drug-likeness (QED) is 0.441. The molecule has 0 radical (unpaired) electrons. The monoisotopic (exact) mass is 254 g/mol. The van der Waals surface area contributed by atoms with Gasteiger partial charge in [-0.1, -0.05) is 0 Å². The third-order valence-corrected chi connectivity index (χ3v) is 2.92. The van der Waals surface area contributed by atoms with Crippen molar-refractivity contribution in [3.05, 3.63) is 24.3 Å². The zero-order valence-electron chi connectivity index (χ0n) is 9.52. The van der Waals surface area contributed by atoms with Crippen LogP contribution >= 0.6 is 0 Å². The molecule has 0 saturated heterocycles. The van der Waals surface area contributed by atoms with E-state index in [9.17, 15) is 13.2 Å². The van der Waals surface area contributed by atoms with Gasteiger partial charge in [0, 0.05) is 12.6 Å². The molecule has 0 atom stereocenters. The summed E-state index contributed by atoms with van der Waals surface area (Å²) in [5.41, 5.74) is 5.85. The van der Waals surface area contributed by atoms with Crippen LogP contribution in [0.5, 0.6) is 0 Å². The second-order valence-electron chi connectivity index (χ2n) is 2.73. The number of benzene rings is 1. The minimum Gasteiger partial charge on any atom is -1.00 e. The summed E-state index contributed by atoms with van der Waals surface area (Å²) in [6, 6.07) is 5.57. The van der Waals surface area contributed by atoms with Crippen molar-refractivity contribution >= 4 is 21.6 Å². The average molecular weight is 254 g/mol. The van der Waals surface area contributed by atoms with E-state index < -0.39 is 15.9 Å². The molecule has 7 heteroatoms. The fraction of sp³-hybridized carbons (Fsp3) is 0.125. The first-order chi connectivity index (χ1) is 6.42. The molecule has 3 N–H and O–H groups in total. The van der Waals surface area contributed by atoms with Crippen LogP contribution in [-0.2, 0) is 14.8 Å². The molecular formula is C8H11KN2O3S. The summed E-state index contributed by atoms with van der Waals surface area (Å²) < 4.78 is 24.6. The number of nitrogens with two attached hydrogens (primary N) is 1. The molecule has 1 amide bonds. The number of nitrogen functional groups attached to an aromatic ring is 1. The molecule has 0 aliphatic heterocycles. The van der Waals surface area contributed by atoms with Gasteiger partial charge in [-0.25, -0.2) is 13.1 Å². The van der Waals surface area contributed by atoms with Crippen molar-refractivity contribution < 1.29 is 66.0 Å². The summed E-state index contributed by atoms with van der Waals surface area (Å²) in [6.45, 7) is 1.13. The van der Waals surface area contributed by atoms with Crippen LogP contribution in [-0.4, -0.2) is 14.3 Å². The van der Waals surface area contributed by atoms with E-state index >= 15 is 0 Å². The Kier molecular flexibility index (Phi) is 6.00. The zero-order chi connectivity index (χ0) is 10.8.